The third-order valence-electron chi connectivity index (χ3n) is 3.20. The fraction of sp³-hybridized carbons (Fsp3) is 0.375. The lowest BCUT2D eigenvalue weighted by Gasteiger charge is -2.07. The summed E-state index contributed by atoms with van der Waals surface area (Å²) in [6.07, 6.45) is 3.40. The maximum atomic E-state index is 11.8. The molecule has 0 atom stereocenters. The van der Waals surface area contributed by atoms with Gasteiger partial charge in [-0.3, -0.25) is 9.48 Å². The number of aromatic nitrogens is 2. The molecule has 0 radical (unpaired) electrons. The van der Waals surface area contributed by atoms with Crippen LogP contribution in [0, 0.1) is 6.92 Å². The molecule has 2 aromatic rings. The van der Waals surface area contributed by atoms with Crippen molar-refractivity contribution in [3.05, 3.63) is 47.8 Å². The second-order valence-corrected chi connectivity index (χ2v) is 4.96. The van der Waals surface area contributed by atoms with E-state index < -0.39 is 0 Å². The van der Waals surface area contributed by atoms with E-state index in [1.54, 1.807) is 24.0 Å². The Hall–Kier alpha value is -2.30. The molecule has 5 heteroatoms. The zero-order valence-electron chi connectivity index (χ0n) is 12.5. The van der Waals surface area contributed by atoms with Crippen molar-refractivity contribution in [2.24, 2.45) is 7.05 Å². The van der Waals surface area contributed by atoms with Crippen LogP contribution in [0.1, 0.15) is 28.9 Å². The largest absolute Gasteiger partial charge is 0.494 e. The molecule has 1 aromatic carbocycles. The molecule has 0 aliphatic heterocycles. The van der Waals surface area contributed by atoms with Crippen LogP contribution in [0.3, 0.4) is 0 Å². The summed E-state index contributed by atoms with van der Waals surface area (Å²) in [7, 11) is 1.75. The van der Waals surface area contributed by atoms with Gasteiger partial charge in [0, 0.05) is 19.8 Å². The number of ether oxygens (including phenoxy) is 1. The van der Waals surface area contributed by atoms with Crippen molar-refractivity contribution in [2.45, 2.75) is 19.8 Å². The molecular weight excluding hydrogens is 266 g/mol. The van der Waals surface area contributed by atoms with Crippen LogP contribution in [0.15, 0.2) is 36.5 Å². The van der Waals surface area contributed by atoms with Crippen LogP contribution in [-0.4, -0.2) is 28.8 Å². The van der Waals surface area contributed by atoms with Gasteiger partial charge in [0.1, 0.15) is 11.4 Å². The predicted octanol–water partition coefficient (Wildman–Crippen LogP) is 2.32. The first-order valence-corrected chi connectivity index (χ1v) is 7.12. The summed E-state index contributed by atoms with van der Waals surface area (Å²) < 4.78 is 7.20. The maximum Gasteiger partial charge on any atom is 0.269 e. The summed E-state index contributed by atoms with van der Waals surface area (Å²) >= 11 is 0. The first-order valence-electron chi connectivity index (χ1n) is 7.12. The first kappa shape index (κ1) is 15.1. The number of unbranched alkanes of at least 4 members (excludes halogenated alkanes) is 1. The fourth-order valence-electron chi connectivity index (χ4n) is 1.94. The molecule has 0 aliphatic carbocycles. The summed E-state index contributed by atoms with van der Waals surface area (Å²) in [5.74, 6) is 0.800. The molecule has 0 saturated heterocycles. The zero-order valence-corrected chi connectivity index (χ0v) is 12.5. The van der Waals surface area contributed by atoms with Crippen molar-refractivity contribution in [3.63, 3.8) is 0 Å². The minimum absolute atomic E-state index is 0.0885. The van der Waals surface area contributed by atoms with Gasteiger partial charge < -0.3 is 10.1 Å². The number of hydrogen-bond donors (Lipinski definition) is 1. The molecule has 0 fully saturated rings. The van der Waals surface area contributed by atoms with Crippen LogP contribution in [0.5, 0.6) is 5.75 Å². The van der Waals surface area contributed by atoms with E-state index in [-0.39, 0.29) is 5.91 Å². The highest BCUT2D eigenvalue weighted by Crippen LogP contribution is 2.11. The number of benzene rings is 1. The minimum atomic E-state index is -0.0885. The Kier molecular flexibility index (Phi) is 5.37. The molecule has 1 N–H and O–H groups in total. The molecule has 1 amide bonds. The van der Waals surface area contributed by atoms with Crippen molar-refractivity contribution in [3.8, 4) is 5.75 Å². The van der Waals surface area contributed by atoms with Crippen LogP contribution >= 0.6 is 0 Å². The van der Waals surface area contributed by atoms with E-state index in [9.17, 15) is 4.79 Å². The molecule has 21 heavy (non-hydrogen) atoms. The quantitative estimate of drug-likeness (QED) is 0.795. The number of hydrogen-bond acceptors (Lipinski definition) is 3. The van der Waals surface area contributed by atoms with Gasteiger partial charge in [-0.2, -0.15) is 5.10 Å². The Labute approximate surface area is 124 Å². The molecule has 2 rings (SSSR count). The van der Waals surface area contributed by atoms with Crippen molar-refractivity contribution < 1.29 is 9.53 Å². The van der Waals surface area contributed by atoms with Gasteiger partial charge in [-0.05, 0) is 38.0 Å². The van der Waals surface area contributed by atoms with Gasteiger partial charge in [0.15, 0.2) is 0 Å². The van der Waals surface area contributed by atoms with Crippen molar-refractivity contribution in [1.82, 2.24) is 15.1 Å². The Balaban J connectivity index is 1.59. The SMILES string of the molecule is Cc1ccc(OCCCCNC(=O)c2ccnn2C)cc1. The van der Waals surface area contributed by atoms with Crippen LogP contribution in [0.2, 0.25) is 0 Å². The normalized spacial score (nSPS) is 10.4. The van der Waals surface area contributed by atoms with E-state index in [2.05, 4.69) is 17.3 Å². The van der Waals surface area contributed by atoms with E-state index in [0.29, 0.717) is 18.8 Å². The Bertz CT molecular complexity index is 575. The van der Waals surface area contributed by atoms with E-state index in [0.717, 1.165) is 18.6 Å². The number of aryl methyl sites for hydroxylation is 2. The van der Waals surface area contributed by atoms with E-state index in [4.69, 9.17) is 4.74 Å². The number of nitrogens with one attached hydrogen (secondary N) is 1. The molecule has 1 heterocycles. The van der Waals surface area contributed by atoms with Crippen LogP contribution < -0.4 is 10.1 Å². The Morgan fingerprint density at radius 2 is 2.00 bits per heavy atom. The van der Waals surface area contributed by atoms with Gasteiger partial charge in [-0.25, -0.2) is 0 Å². The Morgan fingerprint density at radius 1 is 1.24 bits per heavy atom. The third-order valence-corrected chi connectivity index (χ3v) is 3.20. The summed E-state index contributed by atoms with van der Waals surface area (Å²) in [5.41, 5.74) is 1.80. The minimum Gasteiger partial charge on any atom is -0.494 e. The van der Waals surface area contributed by atoms with Gasteiger partial charge in [0.2, 0.25) is 0 Å². The average Bonchev–Trinajstić information content (AvgIpc) is 2.90. The highest BCUT2D eigenvalue weighted by Gasteiger charge is 2.08. The zero-order chi connectivity index (χ0) is 15.1. The second-order valence-electron chi connectivity index (χ2n) is 4.96. The summed E-state index contributed by atoms with van der Waals surface area (Å²) in [6.45, 7) is 3.35. The summed E-state index contributed by atoms with van der Waals surface area (Å²) in [6, 6.07) is 9.71. The number of nitrogens with zero attached hydrogens (tertiary/aromatic N) is 2. The highest BCUT2D eigenvalue weighted by molar-refractivity contribution is 5.92. The third kappa shape index (κ3) is 4.63. The van der Waals surface area contributed by atoms with Crippen molar-refractivity contribution in [2.75, 3.05) is 13.2 Å². The second kappa shape index (κ2) is 7.47. The highest BCUT2D eigenvalue weighted by atomic mass is 16.5. The molecule has 0 unspecified atom stereocenters. The molecule has 0 bridgehead atoms. The van der Waals surface area contributed by atoms with Crippen LogP contribution in [0.4, 0.5) is 0 Å². The lowest BCUT2D eigenvalue weighted by atomic mass is 10.2. The molecular formula is C16H21N3O2. The van der Waals surface area contributed by atoms with Gasteiger partial charge in [-0.15, -0.1) is 0 Å². The monoisotopic (exact) mass is 287 g/mol. The van der Waals surface area contributed by atoms with Crippen molar-refractivity contribution in [1.29, 1.82) is 0 Å². The maximum absolute atomic E-state index is 11.8. The molecule has 1 aromatic heterocycles. The molecule has 112 valence electrons. The van der Waals surface area contributed by atoms with Crippen molar-refractivity contribution >= 4 is 5.91 Å². The van der Waals surface area contributed by atoms with Gasteiger partial charge in [-0.1, -0.05) is 17.7 Å². The molecule has 5 nitrogen and oxygen atoms in total. The standard InChI is InChI=1S/C16H21N3O2/c1-13-5-7-14(8-6-13)21-12-4-3-10-17-16(20)15-9-11-18-19(15)2/h5-9,11H,3-4,10,12H2,1-2H3,(H,17,20). The lowest BCUT2D eigenvalue weighted by molar-refractivity contribution is 0.0943. The predicted molar refractivity (Wildman–Crippen MR) is 81.4 cm³/mol. The van der Waals surface area contributed by atoms with Gasteiger partial charge in [0.25, 0.3) is 5.91 Å². The summed E-state index contributed by atoms with van der Waals surface area (Å²) in [4.78, 5) is 11.8. The van der Waals surface area contributed by atoms with E-state index >= 15 is 0 Å². The van der Waals surface area contributed by atoms with E-state index in [1.807, 2.05) is 24.3 Å². The number of carbonyl (C=O) groups excluding carboxylic acids is 1. The van der Waals surface area contributed by atoms with Gasteiger partial charge >= 0.3 is 0 Å². The van der Waals surface area contributed by atoms with Crippen LogP contribution in [0.25, 0.3) is 0 Å². The summed E-state index contributed by atoms with van der Waals surface area (Å²) in [5, 5.41) is 6.85. The number of amides is 1. The number of carbonyl (C=O) groups is 1. The first-order chi connectivity index (χ1) is 10.2. The average molecular weight is 287 g/mol. The van der Waals surface area contributed by atoms with E-state index in [1.165, 1.54) is 5.56 Å². The smallest absolute Gasteiger partial charge is 0.269 e. The molecule has 0 spiro atoms. The number of rotatable bonds is 7. The lowest BCUT2D eigenvalue weighted by Crippen LogP contribution is -2.26. The fourth-order valence-corrected chi connectivity index (χ4v) is 1.94. The molecule has 0 aliphatic rings. The molecule has 0 saturated carbocycles. The topological polar surface area (TPSA) is 56.1 Å². The van der Waals surface area contributed by atoms with Gasteiger partial charge in [0.05, 0.1) is 6.61 Å². The Morgan fingerprint density at radius 3 is 2.67 bits per heavy atom. The van der Waals surface area contributed by atoms with Crippen LogP contribution in [-0.2, 0) is 7.05 Å².